The van der Waals surface area contributed by atoms with Crippen molar-refractivity contribution in [1.82, 2.24) is 9.80 Å². The van der Waals surface area contributed by atoms with E-state index in [2.05, 4.69) is 29.3 Å². The summed E-state index contributed by atoms with van der Waals surface area (Å²) < 4.78 is 0. The number of piperidine rings is 1. The Bertz CT molecular complexity index is 888. The maximum absolute atomic E-state index is 13.5. The van der Waals surface area contributed by atoms with Gasteiger partial charge in [-0.2, -0.15) is 0 Å². The highest BCUT2D eigenvalue weighted by Crippen LogP contribution is 2.32. The summed E-state index contributed by atoms with van der Waals surface area (Å²) in [4.78, 5) is 30.3. The van der Waals surface area contributed by atoms with Crippen molar-refractivity contribution in [3.05, 3.63) is 65.2 Å². The van der Waals surface area contributed by atoms with Gasteiger partial charge in [0.15, 0.2) is 0 Å². The third kappa shape index (κ3) is 4.57. The monoisotopic (exact) mass is 405 g/mol. The van der Waals surface area contributed by atoms with Crippen LogP contribution >= 0.6 is 0 Å². The minimum absolute atomic E-state index is 0.0740. The molecule has 1 fully saturated rings. The Morgan fingerprint density at radius 2 is 1.70 bits per heavy atom. The smallest absolute Gasteiger partial charge is 0.244 e. The first kappa shape index (κ1) is 20.6. The van der Waals surface area contributed by atoms with Gasteiger partial charge in [-0.15, -0.1) is 0 Å². The molecule has 5 heteroatoms. The summed E-state index contributed by atoms with van der Waals surface area (Å²) in [6.45, 7) is 4.68. The average molecular weight is 406 g/mol. The third-order valence-electron chi connectivity index (χ3n) is 6.28. The molecule has 0 unspecified atom stereocenters. The van der Waals surface area contributed by atoms with Crippen LogP contribution in [0.4, 0.5) is 5.69 Å². The summed E-state index contributed by atoms with van der Waals surface area (Å²) in [5.74, 6) is 0.0667. The molecule has 2 heterocycles. The molecule has 0 spiro atoms. The normalized spacial score (nSPS) is 19.2. The minimum atomic E-state index is -0.374. The second-order valence-electron chi connectivity index (χ2n) is 8.31. The lowest BCUT2D eigenvalue weighted by molar-refractivity contribution is -0.139. The van der Waals surface area contributed by atoms with E-state index in [0.717, 1.165) is 50.0 Å². The highest BCUT2D eigenvalue weighted by atomic mass is 16.2. The van der Waals surface area contributed by atoms with Crippen molar-refractivity contribution in [1.29, 1.82) is 0 Å². The predicted molar refractivity (Wildman–Crippen MR) is 119 cm³/mol. The molecule has 5 nitrogen and oxygen atoms in total. The summed E-state index contributed by atoms with van der Waals surface area (Å²) >= 11 is 0. The molecule has 2 aliphatic heterocycles. The molecule has 0 bridgehead atoms. The third-order valence-corrected chi connectivity index (χ3v) is 6.28. The number of carbonyl (C=O) groups is 2. The van der Waals surface area contributed by atoms with Gasteiger partial charge < -0.3 is 10.2 Å². The van der Waals surface area contributed by atoms with Crippen molar-refractivity contribution in [3.63, 3.8) is 0 Å². The maximum atomic E-state index is 13.5. The van der Waals surface area contributed by atoms with E-state index in [9.17, 15) is 9.59 Å². The zero-order valence-electron chi connectivity index (χ0n) is 17.8. The number of nitrogens with one attached hydrogen (secondary N) is 1. The Morgan fingerprint density at radius 1 is 0.967 bits per heavy atom. The number of amides is 2. The molecule has 2 aromatic rings. The molecular weight excluding hydrogens is 374 g/mol. The van der Waals surface area contributed by atoms with Crippen LogP contribution in [0.25, 0.3) is 0 Å². The zero-order valence-corrected chi connectivity index (χ0v) is 17.8. The van der Waals surface area contributed by atoms with Gasteiger partial charge in [-0.1, -0.05) is 43.3 Å². The minimum Gasteiger partial charge on any atom is -0.341 e. The Hall–Kier alpha value is -2.66. The van der Waals surface area contributed by atoms with E-state index in [4.69, 9.17) is 0 Å². The zero-order chi connectivity index (χ0) is 20.9. The Labute approximate surface area is 179 Å². The number of carbonyl (C=O) groups excluding carboxylic acids is 2. The van der Waals surface area contributed by atoms with Gasteiger partial charge in [0.05, 0.1) is 6.54 Å². The number of rotatable bonds is 5. The van der Waals surface area contributed by atoms with Crippen LogP contribution in [-0.4, -0.2) is 47.8 Å². The fourth-order valence-electron chi connectivity index (χ4n) is 4.57. The SMILES string of the molecule is CCc1ccc(NC(=O)CN2CCc3ccccc3[C@H]2C(=O)N2CCCCC2)cc1. The number of hydrogen-bond acceptors (Lipinski definition) is 3. The molecule has 2 aromatic carbocycles. The van der Waals surface area contributed by atoms with E-state index in [-0.39, 0.29) is 24.4 Å². The van der Waals surface area contributed by atoms with Crippen LogP contribution in [0.1, 0.15) is 48.9 Å². The lowest BCUT2D eigenvalue weighted by Crippen LogP contribution is -2.49. The lowest BCUT2D eigenvalue weighted by atomic mass is 9.91. The van der Waals surface area contributed by atoms with Crippen molar-refractivity contribution in [2.45, 2.75) is 45.1 Å². The molecule has 30 heavy (non-hydrogen) atoms. The fourth-order valence-corrected chi connectivity index (χ4v) is 4.57. The quantitative estimate of drug-likeness (QED) is 0.823. The van der Waals surface area contributed by atoms with Gasteiger partial charge >= 0.3 is 0 Å². The van der Waals surface area contributed by atoms with Crippen LogP contribution in [0.5, 0.6) is 0 Å². The van der Waals surface area contributed by atoms with Crippen molar-refractivity contribution < 1.29 is 9.59 Å². The number of anilines is 1. The topological polar surface area (TPSA) is 52.7 Å². The highest BCUT2D eigenvalue weighted by Gasteiger charge is 2.36. The predicted octanol–water partition coefficient (Wildman–Crippen LogP) is 3.80. The van der Waals surface area contributed by atoms with E-state index >= 15 is 0 Å². The van der Waals surface area contributed by atoms with Crippen molar-refractivity contribution >= 4 is 17.5 Å². The number of nitrogens with zero attached hydrogens (tertiary/aromatic N) is 2. The van der Waals surface area contributed by atoms with Gasteiger partial charge in [0.1, 0.15) is 6.04 Å². The number of aryl methyl sites for hydroxylation is 1. The second-order valence-corrected chi connectivity index (χ2v) is 8.31. The second kappa shape index (κ2) is 9.43. The molecule has 4 rings (SSSR count). The van der Waals surface area contributed by atoms with Gasteiger partial charge in [0, 0.05) is 25.3 Å². The van der Waals surface area contributed by atoms with Gasteiger partial charge in [-0.25, -0.2) is 0 Å². The molecule has 0 saturated carbocycles. The first-order valence-corrected chi connectivity index (χ1v) is 11.1. The van der Waals surface area contributed by atoms with Crippen LogP contribution in [0.2, 0.25) is 0 Å². The standard InChI is InChI=1S/C25H31N3O2/c1-2-19-10-12-21(13-11-19)26-23(29)18-28-17-14-20-8-4-5-9-22(20)24(28)25(30)27-15-6-3-7-16-27/h4-5,8-13,24H,2-3,6-7,14-18H2,1H3,(H,26,29)/t24-/m0/s1. The van der Waals surface area contributed by atoms with E-state index in [1.165, 1.54) is 17.5 Å². The van der Waals surface area contributed by atoms with Crippen LogP contribution in [0.15, 0.2) is 48.5 Å². The van der Waals surface area contributed by atoms with E-state index < -0.39 is 0 Å². The number of benzene rings is 2. The van der Waals surface area contributed by atoms with E-state index in [1.54, 1.807) is 0 Å². The van der Waals surface area contributed by atoms with Gasteiger partial charge in [0.25, 0.3) is 0 Å². The summed E-state index contributed by atoms with van der Waals surface area (Å²) in [6, 6.07) is 15.8. The molecule has 0 aliphatic carbocycles. The van der Waals surface area contributed by atoms with Crippen LogP contribution in [-0.2, 0) is 22.4 Å². The van der Waals surface area contributed by atoms with Crippen LogP contribution in [0.3, 0.4) is 0 Å². The summed E-state index contributed by atoms with van der Waals surface area (Å²) in [6.07, 6.45) is 5.15. The average Bonchev–Trinajstić information content (AvgIpc) is 2.79. The molecule has 1 atom stereocenters. The summed E-state index contributed by atoms with van der Waals surface area (Å²) in [5.41, 5.74) is 4.32. The van der Waals surface area contributed by atoms with Crippen molar-refractivity contribution in [2.75, 3.05) is 31.5 Å². The molecule has 1 saturated heterocycles. The van der Waals surface area contributed by atoms with E-state index in [1.807, 2.05) is 41.3 Å². The molecule has 158 valence electrons. The van der Waals surface area contributed by atoms with Gasteiger partial charge in [0.2, 0.25) is 11.8 Å². The van der Waals surface area contributed by atoms with Crippen molar-refractivity contribution in [2.24, 2.45) is 0 Å². The summed E-state index contributed by atoms with van der Waals surface area (Å²) in [5, 5.41) is 3.00. The Morgan fingerprint density at radius 3 is 2.43 bits per heavy atom. The number of fused-ring (bicyclic) bond motifs is 1. The van der Waals surface area contributed by atoms with Crippen molar-refractivity contribution in [3.8, 4) is 0 Å². The molecule has 2 aliphatic rings. The summed E-state index contributed by atoms with van der Waals surface area (Å²) in [7, 11) is 0. The lowest BCUT2D eigenvalue weighted by Gasteiger charge is -2.39. The first-order valence-electron chi connectivity index (χ1n) is 11.1. The first-order chi connectivity index (χ1) is 14.7. The molecule has 1 N–H and O–H groups in total. The molecule has 0 radical (unpaired) electrons. The highest BCUT2D eigenvalue weighted by molar-refractivity contribution is 5.93. The molecule has 0 aromatic heterocycles. The Balaban J connectivity index is 1.51. The molecule has 2 amide bonds. The number of likely N-dealkylation sites (tertiary alicyclic amines) is 1. The fraction of sp³-hybridized carbons (Fsp3) is 0.440. The number of hydrogen-bond donors (Lipinski definition) is 1. The van der Waals surface area contributed by atoms with E-state index in [0.29, 0.717) is 6.54 Å². The van der Waals surface area contributed by atoms with Gasteiger partial charge in [-0.05, 0) is 60.9 Å². The van der Waals surface area contributed by atoms with Crippen LogP contribution in [0, 0.1) is 0 Å². The molecular formula is C25H31N3O2. The van der Waals surface area contributed by atoms with Gasteiger partial charge in [-0.3, -0.25) is 14.5 Å². The Kier molecular flexibility index (Phi) is 6.48. The van der Waals surface area contributed by atoms with Crippen LogP contribution < -0.4 is 5.32 Å². The largest absolute Gasteiger partial charge is 0.341 e. The maximum Gasteiger partial charge on any atom is 0.244 e.